The van der Waals surface area contributed by atoms with E-state index in [9.17, 15) is 4.79 Å². The summed E-state index contributed by atoms with van der Waals surface area (Å²) in [6.45, 7) is 0.883. The molecule has 1 amide bonds. The Labute approximate surface area is 151 Å². The van der Waals surface area contributed by atoms with Gasteiger partial charge in [0, 0.05) is 28.6 Å². The molecule has 1 aromatic carbocycles. The standard InChI is InChI=1S/C19H21ClN2OS/c20-15-9-7-14(8-10-15)18-21-16(12-24-18)19(23)22-11-3-5-13-4-1-2-6-17(13)22/h7-10,12-13,17H,1-6,11H2/t13-,17+/m0/s1. The summed E-state index contributed by atoms with van der Waals surface area (Å²) in [4.78, 5) is 19.7. The molecule has 0 radical (unpaired) electrons. The van der Waals surface area contributed by atoms with Crippen molar-refractivity contribution in [3.63, 3.8) is 0 Å². The van der Waals surface area contributed by atoms with Crippen LogP contribution in [0.25, 0.3) is 10.6 Å². The zero-order valence-corrected chi connectivity index (χ0v) is 15.2. The van der Waals surface area contributed by atoms with E-state index in [1.54, 1.807) is 0 Å². The highest BCUT2D eigenvalue weighted by Crippen LogP contribution is 2.36. The highest BCUT2D eigenvalue weighted by molar-refractivity contribution is 7.13. The van der Waals surface area contributed by atoms with Crippen LogP contribution in [-0.2, 0) is 0 Å². The number of hydrogen-bond donors (Lipinski definition) is 0. The lowest BCUT2D eigenvalue weighted by Gasteiger charge is -2.43. The molecule has 0 unspecified atom stereocenters. The first kappa shape index (κ1) is 16.1. The van der Waals surface area contributed by atoms with Crippen molar-refractivity contribution in [2.45, 2.75) is 44.6 Å². The number of hydrogen-bond acceptors (Lipinski definition) is 3. The van der Waals surface area contributed by atoms with Crippen LogP contribution < -0.4 is 0 Å². The molecule has 1 saturated heterocycles. The van der Waals surface area contributed by atoms with Crippen LogP contribution in [0.2, 0.25) is 5.02 Å². The van der Waals surface area contributed by atoms with Gasteiger partial charge < -0.3 is 4.90 Å². The summed E-state index contributed by atoms with van der Waals surface area (Å²) in [5, 5.41) is 3.49. The molecule has 3 nitrogen and oxygen atoms in total. The smallest absolute Gasteiger partial charge is 0.273 e. The van der Waals surface area contributed by atoms with Crippen molar-refractivity contribution < 1.29 is 4.79 Å². The summed E-state index contributed by atoms with van der Waals surface area (Å²) in [6, 6.07) is 8.05. The number of carbonyl (C=O) groups is 1. The Hall–Kier alpha value is -1.39. The predicted molar refractivity (Wildman–Crippen MR) is 98.6 cm³/mol. The lowest BCUT2D eigenvalue weighted by molar-refractivity contribution is 0.0386. The van der Waals surface area contributed by atoms with E-state index < -0.39 is 0 Å². The van der Waals surface area contributed by atoms with Gasteiger partial charge in [0.05, 0.1) is 0 Å². The number of aromatic nitrogens is 1. The first-order valence-corrected chi connectivity index (χ1v) is 10.0. The van der Waals surface area contributed by atoms with Crippen molar-refractivity contribution in [1.29, 1.82) is 0 Å². The summed E-state index contributed by atoms with van der Waals surface area (Å²) in [6.07, 6.45) is 7.41. The molecule has 2 aromatic rings. The molecule has 2 heterocycles. The molecular weight excluding hydrogens is 340 g/mol. The number of benzene rings is 1. The maximum absolute atomic E-state index is 13.0. The number of rotatable bonds is 2. The average molecular weight is 361 g/mol. The van der Waals surface area contributed by atoms with Gasteiger partial charge >= 0.3 is 0 Å². The molecule has 1 aromatic heterocycles. The monoisotopic (exact) mass is 360 g/mol. The zero-order chi connectivity index (χ0) is 16.5. The maximum atomic E-state index is 13.0. The SMILES string of the molecule is O=C(c1csc(-c2ccc(Cl)cc2)n1)N1CCC[C@@H]2CCCC[C@H]21. The van der Waals surface area contributed by atoms with Crippen molar-refractivity contribution >= 4 is 28.8 Å². The van der Waals surface area contributed by atoms with Crippen molar-refractivity contribution in [1.82, 2.24) is 9.88 Å². The normalized spacial score (nSPS) is 23.8. The van der Waals surface area contributed by atoms with Crippen molar-refractivity contribution in [2.24, 2.45) is 5.92 Å². The summed E-state index contributed by atoms with van der Waals surface area (Å²) < 4.78 is 0. The van der Waals surface area contributed by atoms with Crippen LogP contribution in [0.15, 0.2) is 29.6 Å². The van der Waals surface area contributed by atoms with Crippen LogP contribution in [0.4, 0.5) is 0 Å². The van der Waals surface area contributed by atoms with Gasteiger partial charge in [0.15, 0.2) is 0 Å². The van der Waals surface area contributed by atoms with Gasteiger partial charge in [-0.15, -0.1) is 11.3 Å². The molecule has 1 aliphatic carbocycles. The minimum absolute atomic E-state index is 0.114. The molecule has 126 valence electrons. The number of halogens is 1. The van der Waals surface area contributed by atoms with Gasteiger partial charge in [-0.1, -0.05) is 36.6 Å². The quantitative estimate of drug-likeness (QED) is 0.732. The second kappa shape index (κ2) is 6.85. The predicted octanol–water partition coefficient (Wildman–Crippen LogP) is 5.26. The summed E-state index contributed by atoms with van der Waals surface area (Å²) >= 11 is 7.47. The first-order chi connectivity index (χ1) is 11.7. The average Bonchev–Trinajstić information content (AvgIpc) is 3.11. The fourth-order valence-corrected chi connectivity index (χ4v) is 5.05. The van der Waals surface area contributed by atoms with E-state index in [0.29, 0.717) is 22.7 Å². The topological polar surface area (TPSA) is 33.2 Å². The Balaban J connectivity index is 1.55. The lowest BCUT2D eigenvalue weighted by atomic mass is 9.78. The van der Waals surface area contributed by atoms with Crippen LogP contribution >= 0.6 is 22.9 Å². The van der Waals surface area contributed by atoms with Gasteiger partial charge in [-0.25, -0.2) is 4.98 Å². The molecule has 24 heavy (non-hydrogen) atoms. The Morgan fingerprint density at radius 2 is 1.88 bits per heavy atom. The van der Waals surface area contributed by atoms with Crippen LogP contribution in [0.5, 0.6) is 0 Å². The Bertz CT molecular complexity index is 725. The Morgan fingerprint density at radius 1 is 1.12 bits per heavy atom. The van der Waals surface area contributed by atoms with E-state index in [2.05, 4.69) is 9.88 Å². The molecule has 2 atom stereocenters. The van der Waals surface area contributed by atoms with Crippen molar-refractivity contribution in [3.05, 3.63) is 40.4 Å². The fraction of sp³-hybridized carbons (Fsp3) is 0.474. The molecule has 4 rings (SSSR count). The summed E-state index contributed by atoms with van der Waals surface area (Å²) in [5.41, 5.74) is 1.61. The molecule has 0 N–H and O–H groups in total. The van der Waals surface area contributed by atoms with Crippen LogP contribution in [-0.4, -0.2) is 28.4 Å². The summed E-state index contributed by atoms with van der Waals surface area (Å²) in [7, 11) is 0. The third-order valence-electron chi connectivity index (χ3n) is 5.32. The largest absolute Gasteiger partial charge is 0.334 e. The molecule has 0 bridgehead atoms. The van der Waals surface area contributed by atoms with Crippen LogP contribution in [0.1, 0.15) is 49.0 Å². The van der Waals surface area contributed by atoms with Crippen molar-refractivity contribution in [2.75, 3.05) is 6.54 Å². The van der Waals surface area contributed by atoms with Crippen molar-refractivity contribution in [3.8, 4) is 10.6 Å². The highest BCUT2D eigenvalue weighted by Gasteiger charge is 2.36. The number of thiazole rings is 1. The number of carbonyl (C=O) groups excluding carboxylic acids is 1. The fourth-order valence-electron chi connectivity index (χ4n) is 4.12. The zero-order valence-electron chi connectivity index (χ0n) is 13.6. The minimum atomic E-state index is 0.114. The van der Waals surface area contributed by atoms with Gasteiger partial charge in [0.1, 0.15) is 10.7 Å². The van der Waals surface area contributed by atoms with E-state index in [4.69, 9.17) is 11.6 Å². The first-order valence-electron chi connectivity index (χ1n) is 8.75. The Morgan fingerprint density at radius 3 is 2.71 bits per heavy atom. The molecule has 1 aliphatic heterocycles. The molecule has 5 heteroatoms. The second-order valence-electron chi connectivity index (χ2n) is 6.80. The van der Waals surface area contributed by atoms with Gasteiger partial charge in [-0.05, 0) is 43.7 Å². The van der Waals surface area contributed by atoms with E-state index >= 15 is 0 Å². The summed E-state index contributed by atoms with van der Waals surface area (Å²) in [5.74, 6) is 0.814. The van der Waals surface area contributed by atoms with Crippen LogP contribution in [0, 0.1) is 5.92 Å². The third-order valence-corrected chi connectivity index (χ3v) is 6.46. The highest BCUT2D eigenvalue weighted by atomic mass is 35.5. The third kappa shape index (κ3) is 3.09. The van der Waals surface area contributed by atoms with E-state index in [0.717, 1.165) is 30.0 Å². The number of piperidine rings is 1. The number of amides is 1. The molecule has 0 spiro atoms. The molecule has 2 aliphatic rings. The molecular formula is C19H21ClN2OS. The minimum Gasteiger partial charge on any atom is -0.334 e. The Kier molecular flexibility index (Phi) is 4.59. The number of likely N-dealkylation sites (tertiary alicyclic amines) is 1. The van der Waals surface area contributed by atoms with Crippen LogP contribution in [0.3, 0.4) is 0 Å². The second-order valence-corrected chi connectivity index (χ2v) is 8.09. The lowest BCUT2D eigenvalue weighted by Crippen LogP contribution is -2.49. The van der Waals surface area contributed by atoms with Gasteiger partial charge in [0.25, 0.3) is 5.91 Å². The number of fused-ring (bicyclic) bond motifs is 1. The number of nitrogens with zero attached hydrogens (tertiary/aromatic N) is 2. The van der Waals surface area contributed by atoms with E-state index in [1.165, 1.54) is 37.0 Å². The van der Waals surface area contributed by atoms with E-state index in [1.807, 2.05) is 29.6 Å². The molecule has 2 fully saturated rings. The van der Waals surface area contributed by atoms with Gasteiger partial charge in [-0.3, -0.25) is 4.79 Å². The molecule has 1 saturated carbocycles. The van der Waals surface area contributed by atoms with Gasteiger partial charge in [0.2, 0.25) is 0 Å². The maximum Gasteiger partial charge on any atom is 0.273 e. The van der Waals surface area contributed by atoms with E-state index in [-0.39, 0.29) is 5.91 Å². The van der Waals surface area contributed by atoms with Gasteiger partial charge in [-0.2, -0.15) is 0 Å².